The van der Waals surface area contributed by atoms with Crippen molar-refractivity contribution < 1.29 is 9.59 Å². The summed E-state index contributed by atoms with van der Waals surface area (Å²) in [7, 11) is 3.38. The van der Waals surface area contributed by atoms with Gasteiger partial charge in [0.25, 0.3) is 5.91 Å². The molecule has 0 aliphatic heterocycles. The van der Waals surface area contributed by atoms with Crippen LogP contribution in [-0.2, 0) is 4.79 Å². The number of nitrogens with zero attached hydrogens (tertiary/aromatic N) is 1. The van der Waals surface area contributed by atoms with E-state index >= 15 is 0 Å². The van der Waals surface area contributed by atoms with Gasteiger partial charge < -0.3 is 16.0 Å². The van der Waals surface area contributed by atoms with Crippen LogP contribution >= 0.6 is 12.4 Å². The normalized spacial score (nSPS) is 11.2. The van der Waals surface area contributed by atoms with E-state index in [2.05, 4.69) is 5.32 Å². The van der Waals surface area contributed by atoms with Crippen molar-refractivity contribution in [1.29, 1.82) is 0 Å². The Kier molecular flexibility index (Phi) is 6.52. The van der Waals surface area contributed by atoms with Gasteiger partial charge in [0.2, 0.25) is 5.91 Å². The Balaban J connectivity index is 0.00000324. The molecule has 0 radical (unpaired) electrons. The molecule has 0 unspecified atom stereocenters. The Morgan fingerprint density at radius 2 is 1.89 bits per heavy atom. The molecule has 5 nitrogen and oxygen atoms in total. The van der Waals surface area contributed by atoms with Crippen LogP contribution in [0.2, 0.25) is 0 Å². The van der Waals surface area contributed by atoms with Gasteiger partial charge >= 0.3 is 0 Å². The SMILES string of the molecule is Cc1ccc(NC(=O)[C@@H](C)N)cc1C(=O)N(C)C.Cl. The molecule has 0 saturated carbocycles. The van der Waals surface area contributed by atoms with E-state index in [0.717, 1.165) is 5.56 Å². The van der Waals surface area contributed by atoms with Crippen molar-refractivity contribution in [2.45, 2.75) is 19.9 Å². The van der Waals surface area contributed by atoms with Crippen LogP contribution in [0.5, 0.6) is 0 Å². The van der Waals surface area contributed by atoms with E-state index in [-0.39, 0.29) is 24.2 Å². The predicted octanol–water partition coefficient (Wildman–Crippen LogP) is 1.40. The van der Waals surface area contributed by atoms with E-state index < -0.39 is 6.04 Å². The zero-order valence-electron chi connectivity index (χ0n) is 11.6. The summed E-state index contributed by atoms with van der Waals surface area (Å²) in [6.45, 7) is 3.46. The molecule has 0 aromatic heterocycles. The van der Waals surface area contributed by atoms with Crippen molar-refractivity contribution in [1.82, 2.24) is 4.90 Å². The van der Waals surface area contributed by atoms with E-state index in [0.29, 0.717) is 11.3 Å². The first-order valence-electron chi connectivity index (χ1n) is 5.71. The lowest BCUT2D eigenvalue weighted by Gasteiger charge is -2.14. The lowest BCUT2D eigenvalue weighted by molar-refractivity contribution is -0.117. The quantitative estimate of drug-likeness (QED) is 0.881. The van der Waals surface area contributed by atoms with Crippen molar-refractivity contribution >= 4 is 29.9 Å². The first-order valence-corrected chi connectivity index (χ1v) is 5.71. The highest BCUT2D eigenvalue weighted by molar-refractivity contribution is 5.99. The standard InChI is InChI=1S/C13H19N3O2.ClH/c1-8-5-6-10(15-12(17)9(2)14)7-11(8)13(18)16(3)4;/h5-7,9H,14H2,1-4H3,(H,15,17);1H/t9-;/m1./s1. The monoisotopic (exact) mass is 285 g/mol. The number of nitrogens with two attached hydrogens (primary N) is 1. The van der Waals surface area contributed by atoms with Crippen molar-refractivity contribution in [2.24, 2.45) is 5.73 Å². The van der Waals surface area contributed by atoms with Gasteiger partial charge in [-0.3, -0.25) is 9.59 Å². The first kappa shape index (κ1) is 17.4. The number of aryl methyl sites for hydroxylation is 1. The van der Waals surface area contributed by atoms with Gasteiger partial charge in [-0.05, 0) is 31.5 Å². The van der Waals surface area contributed by atoms with Gasteiger partial charge in [-0.1, -0.05) is 6.07 Å². The van der Waals surface area contributed by atoms with E-state index in [9.17, 15) is 9.59 Å². The number of benzene rings is 1. The maximum Gasteiger partial charge on any atom is 0.253 e. The fourth-order valence-electron chi connectivity index (χ4n) is 1.43. The minimum absolute atomic E-state index is 0. The average Bonchev–Trinajstić information content (AvgIpc) is 2.30. The van der Waals surface area contributed by atoms with Crippen molar-refractivity contribution in [2.75, 3.05) is 19.4 Å². The molecule has 0 heterocycles. The Labute approximate surface area is 119 Å². The second-order valence-corrected chi connectivity index (χ2v) is 4.51. The van der Waals surface area contributed by atoms with Gasteiger partial charge in [0.1, 0.15) is 0 Å². The summed E-state index contributed by atoms with van der Waals surface area (Å²) in [5.41, 5.74) is 7.49. The number of carbonyl (C=O) groups excluding carboxylic acids is 2. The molecule has 0 spiro atoms. The summed E-state index contributed by atoms with van der Waals surface area (Å²) in [6.07, 6.45) is 0. The van der Waals surface area contributed by atoms with Gasteiger partial charge in [-0.25, -0.2) is 0 Å². The highest BCUT2D eigenvalue weighted by Crippen LogP contribution is 2.16. The molecule has 0 fully saturated rings. The summed E-state index contributed by atoms with van der Waals surface area (Å²) in [4.78, 5) is 24.9. The molecule has 1 aromatic rings. The fraction of sp³-hybridized carbons (Fsp3) is 0.385. The third-order valence-corrected chi connectivity index (χ3v) is 2.56. The Bertz CT molecular complexity index is 473. The smallest absolute Gasteiger partial charge is 0.253 e. The molecule has 1 rings (SSSR count). The number of anilines is 1. The summed E-state index contributed by atoms with van der Waals surface area (Å²) in [6, 6.07) is 4.63. The van der Waals surface area contributed by atoms with Crippen LogP contribution in [0.15, 0.2) is 18.2 Å². The molecule has 19 heavy (non-hydrogen) atoms. The molecule has 0 bridgehead atoms. The molecule has 1 aromatic carbocycles. The average molecular weight is 286 g/mol. The number of carbonyl (C=O) groups is 2. The van der Waals surface area contributed by atoms with Crippen LogP contribution in [0, 0.1) is 6.92 Å². The van der Waals surface area contributed by atoms with Gasteiger partial charge in [0.15, 0.2) is 0 Å². The second kappa shape index (κ2) is 7.11. The summed E-state index contributed by atoms with van der Waals surface area (Å²) < 4.78 is 0. The van der Waals surface area contributed by atoms with Crippen molar-refractivity contribution in [3.63, 3.8) is 0 Å². The summed E-state index contributed by atoms with van der Waals surface area (Å²) in [5.74, 6) is -0.369. The topological polar surface area (TPSA) is 75.4 Å². The van der Waals surface area contributed by atoms with E-state index in [1.54, 1.807) is 39.2 Å². The highest BCUT2D eigenvalue weighted by atomic mass is 35.5. The van der Waals surface area contributed by atoms with Gasteiger partial charge in [0, 0.05) is 25.3 Å². The van der Waals surface area contributed by atoms with Gasteiger partial charge in [-0.2, -0.15) is 0 Å². The number of nitrogens with one attached hydrogen (secondary N) is 1. The van der Waals surface area contributed by atoms with Crippen LogP contribution in [0.1, 0.15) is 22.8 Å². The summed E-state index contributed by atoms with van der Waals surface area (Å²) >= 11 is 0. The number of rotatable bonds is 3. The van der Waals surface area contributed by atoms with Crippen LogP contribution in [-0.4, -0.2) is 36.9 Å². The molecular weight excluding hydrogens is 266 g/mol. The number of hydrogen-bond donors (Lipinski definition) is 2. The van der Waals surface area contributed by atoms with Crippen LogP contribution < -0.4 is 11.1 Å². The lowest BCUT2D eigenvalue weighted by atomic mass is 10.1. The number of hydrogen-bond acceptors (Lipinski definition) is 3. The number of halogens is 1. The Hall–Kier alpha value is -1.59. The van der Waals surface area contributed by atoms with Gasteiger partial charge in [-0.15, -0.1) is 12.4 Å². The minimum Gasteiger partial charge on any atom is -0.345 e. The molecule has 6 heteroatoms. The minimum atomic E-state index is -0.584. The first-order chi connectivity index (χ1) is 8.32. The van der Waals surface area contributed by atoms with E-state index in [1.165, 1.54) is 4.90 Å². The molecule has 0 aliphatic rings. The maximum absolute atomic E-state index is 11.9. The predicted molar refractivity (Wildman–Crippen MR) is 78.7 cm³/mol. The molecule has 0 saturated heterocycles. The van der Waals surface area contributed by atoms with Crippen molar-refractivity contribution in [3.05, 3.63) is 29.3 Å². The van der Waals surface area contributed by atoms with Crippen LogP contribution in [0.3, 0.4) is 0 Å². The molecule has 3 N–H and O–H groups in total. The van der Waals surface area contributed by atoms with Crippen molar-refractivity contribution in [3.8, 4) is 0 Å². The van der Waals surface area contributed by atoms with E-state index in [4.69, 9.17) is 5.73 Å². The maximum atomic E-state index is 11.9. The van der Waals surface area contributed by atoms with Crippen LogP contribution in [0.25, 0.3) is 0 Å². The van der Waals surface area contributed by atoms with Gasteiger partial charge in [0.05, 0.1) is 6.04 Å². The van der Waals surface area contributed by atoms with E-state index in [1.807, 2.05) is 6.92 Å². The lowest BCUT2D eigenvalue weighted by Crippen LogP contribution is -2.32. The Morgan fingerprint density at radius 3 is 2.37 bits per heavy atom. The second-order valence-electron chi connectivity index (χ2n) is 4.51. The molecular formula is C13H20ClN3O2. The molecule has 106 valence electrons. The third-order valence-electron chi connectivity index (χ3n) is 2.56. The largest absolute Gasteiger partial charge is 0.345 e. The highest BCUT2D eigenvalue weighted by Gasteiger charge is 2.13. The third kappa shape index (κ3) is 4.54. The van der Waals surface area contributed by atoms with Crippen LogP contribution in [0.4, 0.5) is 5.69 Å². The zero-order chi connectivity index (χ0) is 13.9. The fourth-order valence-corrected chi connectivity index (χ4v) is 1.43. The summed E-state index contributed by atoms with van der Waals surface area (Å²) in [5, 5.41) is 2.67. The zero-order valence-corrected chi connectivity index (χ0v) is 12.4. The molecule has 1 atom stereocenters. The molecule has 2 amide bonds. The Morgan fingerprint density at radius 1 is 1.32 bits per heavy atom. The number of amides is 2. The molecule has 0 aliphatic carbocycles.